The first-order valence-corrected chi connectivity index (χ1v) is 15.4. The molecule has 2 heteroatoms. The van der Waals surface area contributed by atoms with Crippen LogP contribution in [0.1, 0.15) is 180 Å². The molecule has 194 valence electrons. The molecule has 0 aliphatic rings. The third-order valence-electron chi connectivity index (χ3n) is 7.58. The van der Waals surface area contributed by atoms with Crippen LogP contribution in [0.15, 0.2) is 12.4 Å². The summed E-state index contributed by atoms with van der Waals surface area (Å²) in [7, 11) is 0. The smallest absolute Gasteiger partial charge is 0.247 e. The molecule has 1 atom stereocenters. The third kappa shape index (κ3) is 16.5. The zero-order valence-electron chi connectivity index (χ0n) is 23.1. The molecule has 0 saturated carbocycles. The Hall–Kier alpha value is -0.790. The lowest BCUT2D eigenvalue weighted by atomic mass is 9.93. The van der Waals surface area contributed by atoms with Gasteiger partial charge in [-0.3, -0.25) is 0 Å². The Morgan fingerprint density at radius 1 is 0.545 bits per heavy atom. The maximum absolute atomic E-state index is 3.59. The van der Waals surface area contributed by atoms with Crippen molar-refractivity contribution in [3.8, 4) is 0 Å². The van der Waals surface area contributed by atoms with E-state index in [1.54, 1.807) is 0 Å². The van der Waals surface area contributed by atoms with Crippen molar-refractivity contribution in [1.29, 1.82) is 0 Å². The molecule has 1 aromatic rings. The Bertz CT molecular complexity index is 507. The molecular formula is C31H61N2+. The Morgan fingerprint density at radius 2 is 0.909 bits per heavy atom. The Labute approximate surface area is 208 Å². The average molecular weight is 462 g/mol. The number of unbranched alkanes of at least 4 members (excludes halogenated alkanes) is 19. The molecular weight excluding hydrogens is 400 g/mol. The number of aromatic nitrogens is 2. The highest BCUT2D eigenvalue weighted by atomic mass is 15.1. The van der Waals surface area contributed by atoms with Crippen LogP contribution in [0.25, 0.3) is 0 Å². The van der Waals surface area contributed by atoms with Crippen LogP contribution >= 0.6 is 0 Å². The van der Waals surface area contributed by atoms with E-state index in [-0.39, 0.29) is 0 Å². The van der Waals surface area contributed by atoms with Gasteiger partial charge in [-0.25, -0.2) is 9.55 Å². The molecule has 0 unspecified atom stereocenters. The van der Waals surface area contributed by atoms with Gasteiger partial charge < -0.3 is 0 Å². The van der Waals surface area contributed by atoms with E-state index in [4.69, 9.17) is 0 Å². The van der Waals surface area contributed by atoms with Crippen LogP contribution in [0.2, 0.25) is 0 Å². The van der Waals surface area contributed by atoms with Gasteiger partial charge in [-0.05, 0) is 19.8 Å². The van der Waals surface area contributed by atoms with Crippen molar-refractivity contribution in [2.24, 2.45) is 0 Å². The summed E-state index contributed by atoms with van der Waals surface area (Å²) >= 11 is 0. The summed E-state index contributed by atoms with van der Waals surface area (Å²) in [5.41, 5.74) is 0. The average Bonchev–Trinajstić information content (AvgIpc) is 3.31. The summed E-state index contributed by atoms with van der Waals surface area (Å²) in [5, 5.41) is 0. The number of rotatable bonds is 25. The quantitative estimate of drug-likeness (QED) is 0.110. The lowest BCUT2D eigenvalue weighted by molar-refractivity contribution is -0.701. The predicted molar refractivity (Wildman–Crippen MR) is 147 cm³/mol. The van der Waals surface area contributed by atoms with Gasteiger partial charge in [-0.1, -0.05) is 149 Å². The molecule has 0 saturated heterocycles. The van der Waals surface area contributed by atoms with E-state index in [1.165, 1.54) is 154 Å². The summed E-state index contributed by atoms with van der Waals surface area (Å²) in [6, 6.07) is 0. The molecule has 0 amide bonds. The standard InChI is InChI=1S/C31H60N2/c1-4-7-9-11-13-15-16-17-19-21-23-25-27-30(31-32-28-29-33(31)6-3)26-24-22-20-18-14-12-10-8-5-2/h28-30H,4-27H2,1-3H3/p+1/t30-/m0/s1. The van der Waals surface area contributed by atoms with Crippen molar-refractivity contribution in [1.82, 2.24) is 4.98 Å². The van der Waals surface area contributed by atoms with Gasteiger partial charge in [0, 0.05) is 0 Å². The largest absolute Gasteiger partial charge is 0.257 e. The molecule has 2 nitrogen and oxygen atoms in total. The molecule has 33 heavy (non-hydrogen) atoms. The maximum atomic E-state index is 3.59. The Morgan fingerprint density at radius 3 is 1.27 bits per heavy atom. The minimum atomic E-state index is 0.729. The first kappa shape index (κ1) is 30.2. The Balaban J connectivity index is 2.15. The van der Waals surface area contributed by atoms with Gasteiger partial charge in [0.2, 0.25) is 0 Å². The fourth-order valence-electron chi connectivity index (χ4n) is 5.35. The van der Waals surface area contributed by atoms with Crippen molar-refractivity contribution in [2.45, 2.75) is 181 Å². The number of H-pyrrole nitrogens is 1. The van der Waals surface area contributed by atoms with Crippen LogP contribution in [-0.4, -0.2) is 4.98 Å². The van der Waals surface area contributed by atoms with Gasteiger partial charge in [-0.2, -0.15) is 0 Å². The van der Waals surface area contributed by atoms with E-state index in [2.05, 4.69) is 42.7 Å². The van der Waals surface area contributed by atoms with Gasteiger partial charge in [-0.15, -0.1) is 0 Å². The zero-order chi connectivity index (χ0) is 23.8. The van der Waals surface area contributed by atoms with Gasteiger partial charge in [0.25, 0.3) is 5.82 Å². The fourth-order valence-corrected chi connectivity index (χ4v) is 5.35. The highest BCUT2D eigenvalue weighted by molar-refractivity contribution is 4.90. The first-order chi connectivity index (χ1) is 16.3. The molecule has 0 bridgehead atoms. The molecule has 1 rings (SSSR count). The number of hydrogen-bond donors (Lipinski definition) is 1. The van der Waals surface area contributed by atoms with Gasteiger partial charge in [0.1, 0.15) is 12.4 Å². The van der Waals surface area contributed by atoms with E-state index in [0.29, 0.717) is 0 Å². The summed E-state index contributed by atoms with van der Waals surface area (Å²) in [5.74, 6) is 2.22. The molecule has 1 aromatic heterocycles. The van der Waals surface area contributed by atoms with Crippen molar-refractivity contribution in [3.63, 3.8) is 0 Å². The number of aryl methyl sites for hydroxylation is 1. The molecule has 1 heterocycles. The van der Waals surface area contributed by atoms with Crippen LogP contribution in [0.4, 0.5) is 0 Å². The van der Waals surface area contributed by atoms with Crippen LogP contribution in [0.5, 0.6) is 0 Å². The Kier molecular flexibility index (Phi) is 21.1. The molecule has 0 aliphatic heterocycles. The second-order valence-electron chi connectivity index (χ2n) is 10.6. The van der Waals surface area contributed by atoms with Crippen molar-refractivity contribution < 1.29 is 4.57 Å². The van der Waals surface area contributed by atoms with E-state index in [0.717, 1.165) is 12.5 Å². The fraction of sp³-hybridized carbons (Fsp3) is 0.903. The van der Waals surface area contributed by atoms with E-state index in [9.17, 15) is 0 Å². The highest BCUT2D eigenvalue weighted by Gasteiger charge is 2.21. The molecule has 1 N–H and O–H groups in total. The minimum absolute atomic E-state index is 0.729. The highest BCUT2D eigenvalue weighted by Crippen LogP contribution is 2.26. The van der Waals surface area contributed by atoms with Crippen LogP contribution in [0.3, 0.4) is 0 Å². The van der Waals surface area contributed by atoms with Gasteiger partial charge in [0.15, 0.2) is 0 Å². The first-order valence-electron chi connectivity index (χ1n) is 15.4. The van der Waals surface area contributed by atoms with Crippen LogP contribution in [0, 0.1) is 0 Å². The van der Waals surface area contributed by atoms with E-state index < -0.39 is 0 Å². The molecule has 0 radical (unpaired) electrons. The number of aromatic amines is 1. The van der Waals surface area contributed by atoms with Crippen LogP contribution < -0.4 is 4.57 Å². The minimum Gasteiger partial charge on any atom is -0.247 e. The normalized spacial score (nSPS) is 12.5. The molecule has 0 fully saturated rings. The van der Waals surface area contributed by atoms with Crippen molar-refractivity contribution >= 4 is 0 Å². The third-order valence-corrected chi connectivity index (χ3v) is 7.58. The zero-order valence-corrected chi connectivity index (χ0v) is 23.1. The summed E-state index contributed by atoms with van der Waals surface area (Å²) in [6.07, 6.45) is 37.3. The number of hydrogen-bond acceptors (Lipinski definition) is 0. The second-order valence-corrected chi connectivity index (χ2v) is 10.6. The van der Waals surface area contributed by atoms with E-state index >= 15 is 0 Å². The van der Waals surface area contributed by atoms with Crippen molar-refractivity contribution in [2.75, 3.05) is 0 Å². The van der Waals surface area contributed by atoms with Gasteiger partial charge in [0.05, 0.1) is 12.5 Å². The second kappa shape index (κ2) is 23.0. The lowest BCUT2D eigenvalue weighted by Gasteiger charge is -2.14. The number of imidazole rings is 1. The topological polar surface area (TPSA) is 19.7 Å². The summed E-state index contributed by atoms with van der Waals surface area (Å²) < 4.78 is 2.44. The predicted octanol–water partition coefficient (Wildman–Crippen LogP) is 10.4. The van der Waals surface area contributed by atoms with E-state index in [1.807, 2.05) is 0 Å². The maximum Gasteiger partial charge on any atom is 0.257 e. The van der Waals surface area contributed by atoms with Crippen molar-refractivity contribution in [3.05, 3.63) is 18.2 Å². The van der Waals surface area contributed by atoms with Gasteiger partial charge >= 0.3 is 0 Å². The summed E-state index contributed by atoms with van der Waals surface area (Å²) in [6.45, 7) is 7.97. The molecule has 0 aromatic carbocycles. The summed E-state index contributed by atoms with van der Waals surface area (Å²) in [4.78, 5) is 3.59. The number of nitrogens with zero attached hydrogens (tertiary/aromatic N) is 1. The lowest BCUT2D eigenvalue weighted by Crippen LogP contribution is -2.36. The molecule has 0 aliphatic carbocycles. The van der Waals surface area contributed by atoms with Crippen LogP contribution in [-0.2, 0) is 6.54 Å². The SMILES string of the molecule is CCCCCCCCCCCCCC[C@H](CCCCCCCCCCC)c1[nH]cc[n+]1CC. The number of nitrogens with one attached hydrogen (secondary N) is 1. The molecule has 0 spiro atoms. The monoisotopic (exact) mass is 461 g/mol.